The number of fused-ring (bicyclic) bond motifs is 2. The minimum Gasteiger partial charge on any atom is -0.497 e. The molecule has 5 amide bonds. The second-order valence-electron chi connectivity index (χ2n) is 12.1. The lowest BCUT2D eigenvalue weighted by Gasteiger charge is -2.40. The Balaban J connectivity index is 1.26. The highest BCUT2D eigenvalue weighted by Gasteiger charge is 2.69. The molecule has 3 atom stereocenters. The minimum absolute atomic E-state index is 0.0123. The molecule has 7 rings (SSSR count). The Hall–Kier alpha value is -5.04. The van der Waals surface area contributed by atoms with Crippen LogP contribution in [0.3, 0.4) is 0 Å². The fraction of sp³-hybridized carbons (Fsp3) is 0.500. The normalized spacial score (nSPS) is 24.5. The van der Waals surface area contributed by atoms with Gasteiger partial charge in [-0.15, -0.1) is 0 Å². The summed E-state index contributed by atoms with van der Waals surface area (Å²) in [6, 6.07) is 5.41. The van der Waals surface area contributed by atoms with E-state index in [9.17, 15) is 24.0 Å². The second-order valence-corrected chi connectivity index (χ2v) is 12.1. The first-order valence-corrected chi connectivity index (χ1v) is 15.8. The monoisotopic (exact) mass is 698 g/mol. The van der Waals surface area contributed by atoms with Gasteiger partial charge in [0.15, 0.2) is 24.0 Å². The first-order valence-electron chi connectivity index (χ1n) is 15.8. The molecular weight excluding hydrogens is 664 g/mol. The zero-order valence-corrected chi connectivity index (χ0v) is 27.1. The Morgan fingerprint density at radius 3 is 2.36 bits per heavy atom. The summed E-state index contributed by atoms with van der Waals surface area (Å²) in [5.41, 5.74) is -0.657. The van der Waals surface area contributed by atoms with E-state index < -0.39 is 66.7 Å². The summed E-state index contributed by atoms with van der Waals surface area (Å²) in [6.07, 6.45) is -3.90. The maximum atomic E-state index is 14.9. The van der Waals surface area contributed by atoms with Gasteiger partial charge in [0.1, 0.15) is 31.2 Å². The van der Waals surface area contributed by atoms with Crippen molar-refractivity contribution >= 4 is 30.1 Å². The van der Waals surface area contributed by atoms with Gasteiger partial charge in [-0.05, 0) is 30.7 Å². The standard InChI is InChI=1S/C32H34N4O14/c1-18(47-31(41)49-23-13-45-17-46-14-23)35-28(38)32(26-7-20-9-33-6-5-25(20)50-26,36(29(35)39)30(40)48-22-11-43-16-44-12-22)15-34-10-19-3-4-21(42-2)8-24(19)27(34)37/h3-6,8-9,18,22-23,26H,7,10-17H2,1-2H3/t18?,26-,32-/m0/s1. The lowest BCUT2D eigenvalue weighted by molar-refractivity contribution is -0.163. The van der Waals surface area contributed by atoms with Gasteiger partial charge >= 0.3 is 18.3 Å². The summed E-state index contributed by atoms with van der Waals surface area (Å²) in [5.74, 6) is -0.634. The van der Waals surface area contributed by atoms with Gasteiger partial charge in [0.25, 0.3) is 11.8 Å². The van der Waals surface area contributed by atoms with E-state index in [0.29, 0.717) is 38.0 Å². The van der Waals surface area contributed by atoms with E-state index in [0.717, 1.165) is 0 Å². The van der Waals surface area contributed by atoms with Crippen molar-refractivity contribution in [3.8, 4) is 11.5 Å². The number of hydrogen-bond acceptors (Lipinski definition) is 15. The van der Waals surface area contributed by atoms with Crippen LogP contribution < -0.4 is 9.47 Å². The molecule has 18 nitrogen and oxygen atoms in total. The van der Waals surface area contributed by atoms with Crippen molar-refractivity contribution in [3.05, 3.63) is 53.3 Å². The highest BCUT2D eigenvalue weighted by Crippen LogP contribution is 2.43. The molecule has 5 aliphatic rings. The van der Waals surface area contributed by atoms with Crippen LogP contribution in [0.15, 0.2) is 36.7 Å². The SMILES string of the molecule is COc1ccc2c(c1)C(=O)N(C[C@]1([C@@H]3Cc4cnccc4O3)C(=O)N(C(C)OC(=O)OC3COCOC3)C(=O)N1C(=O)OC1COCOC1)C2. The van der Waals surface area contributed by atoms with Crippen LogP contribution in [0, 0.1) is 0 Å². The van der Waals surface area contributed by atoms with Gasteiger partial charge in [-0.1, -0.05) is 6.07 Å². The van der Waals surface area contributed by atoms with E-state index in [1.54, 1.807) is 30.5 Å². The highest BCUT2D eigenvalue weighted by atomic mass is 16.8. The largest absolute Gasteiger partial charge is 0.510 e. The van der Waals surface area contributed by atoms with E-state index in [4.69, 9.17) is 42.6 Å². The number of hydrogen-bond donors (Lipinski definition) is 0. The molecule has 18 heteroatoms. The first-order chi connectivity index (χ1) is 24.2. The summed E-state index contributed by atoms with van der Waals surface area (Å²) < 4.78 is 48.7. The maximum Gasteiger partial charge on any atom is 0.510 e. The third-order valence-corrected chi connectivity index (χ3v) is 8.97. The van der Waals surface area contributed by atoms with Crippen molar-refractivity contribution < 1.29 is 66.6 Å². The van der Waals surface area contributed by atoms with Crippen LogP contribution in [0.5, 0.6) is 11.5 Å². The molecule has 1 unspecified atom stereocenters. The number of imide groups is 2. The molecule has 5 aliphatic heterocycles. The number of pyridine rings is 1. The van der Waals surface area contributed by atoms with E-state index in [-0.39, 0.29) is 53.0 Å². The zero-order chi connectivity index (χ0) is 35.0. The van der Waals surface area contributed by atoms with Gasteiger partial charge in [-0.2, -0.15) is 0 Å². The molecule has 6 heterocycles. The number of nitrogens with zero attached hydrogens (tertiary/aromatic N) is 4. The van der Waals surface area contributed by atoms with Crippen LogP contribution >= 0.6 is 0 Å². The Bertz CT molecular complexity index is 1650. The summed E-state index contributed by atoms with van der Waals surface area (Å²) in [7, 11) is 1.47. The van der Waals surface area contributed by atoms with Crippen LogP contribution in [0.25, 0.3) is 0 Å². The predicted octanol–water partition coefficient (Wildman–Crippen LogP) is 1.43. The topological polar surface area (TPSA) is 191 Å². The van der Waals surface area contributed by atoms with Gasteiger partial charge < -0.3 is 47.5 Å². The van der Waals surface area contributed by atoms with E-state index >= 15 is 0 Å². The fourth-order valence-corrected chi connectivity index (χ4v) is 6.60. The van der Waals surface area contributed by atoms with Crippen molar-refractivity contribution in [1.82, 2.24) is 19.7 Å². The Kier molecular flexibility index (Phi) is 9.17. The molecule has 1 aromatic heterocycles. The van der Waals surface area contributed by atoms with Crippen molar-refractivity contribution in [2.24, 2.45) is 0 Å². The Morgan fingerprint density at radius 2 is 1.68 bits per heavy atom. The van der Waals surface area contributed by atoms with Crippen LogP contribution in [0.2, 0.25) is 0 Å². The van der Waals surface area contributed by atoms with Gasteiger partial charge in [-0.3, -0.25) is 14.6 Å². The van der Waals surface area contributed by atoms with E-state index in [1.165, 1.54) is 25.1 Å². The fourth-order valence-electron chi connectivity index (χ4n) is 6.60. The Labute approximate surface area is 284 Å². The minimum atomic E-state index is -2.22. The van der Waals surface area contributed by atoms with Crippen molar-refractivity contribution in [1.29, 1.82) is 0 Å². The van der Waals surface area contributed by atoms with Gasteiger partial charge in [0.05, 0.1) is 40.1 Å². The van der Waals surface area contributed by atoms with Crippen molar-refractivity contribution in [2.45, 2.75) is 50.0 Å². The number of ether oxygens (including phenoxy) is 9. The molecule has 3 saturated heterocycles. The Morgan fingerprint density at radius 1 is 0.980 bits per heavy atom. The number of amides is 5. The molecule has 2 aromatic rings. The summed E-state index contributed by atoms with van der Waals surface area (Å²) in [5, 5.41) is 0. The van der Waals surface area contributed by atoms with Crippen molar-refractivity contribution in [2.75, 3.05) is 53.7 Å². The van der Waals surface area contributed by atoms with E-state index in [1.807, 2.05) is 0 Å². The van der Waals surface area contributed by atoms with Crippen LogP contribution in [0.4, 0.5) is 14.4 Å². The number of carbonyl (C=O) groups is 5. The molecule has 0 saturated carbocycles. The quantitative estimate of drug-likeness (QED) is 0.284. The number of rotatable bonds is 8. The third kappa shape index (κ3) is 6.03. The molecule has 0 spiro atoms. The number of urea groups is 1. The lowest BCUT2D eigenvalue weighted by atomic mass is 9.87. The average molecular weight is 699 g/mol. The second kappa shape index (κ2) is 13.7. The molecular formula is C32H34N4O14. The van der Waals surface area contributed by atoms with Crippen molar-refractivity contribution in [3.63, 3.8) is 0 Å². The number of aromatic nitrogens is 1. The smallest absolute Gasteiger partial charge is 0.497 e. The predicted molar refractivity (Wildman–Crippen MR) is 162 cm³/mol. The lowest BCUT2D eigenvalue weighted by Crippen LogP contribution is -2.67. The van der Waals surface area contributed by atoms with Gasteiger partial charge in [0.2, 0.25) is 0 Å². The summed E-state index contributed by atoms with van der Waals surface area (Å²) in [4.78, 5) is 77.0. The molecule has 50 heavy (non-hydrogen) atoms. The highest BCUT2D eigenvalue weighted by molar-refractivity contribution is 6.14. The molecule has 0 radical (unpaired) electrons. The molecule has 0 N–H and O–H groups in total. The third-order valence-electron chi connectivity index (χ3n) is 8.97. The van der Waals surface area contributed by atoms with E-state index in [2.05, 4.69) is 4.98 Å². The van der Waals surface area contributed by atoms with Crippen LogP contribution in [0.1, 0.15) is 28.4 Å². The first kappa shape index (κ1) is 33.5. The van der Waals surface area contributed by atoms with Gasteiger partial charge in [0, 0.05) is 36.5 Å². The van der Waals surface area contributed by atoms with Crippen LogP contribution in [-0.4, -0.2) is 134 Å². The average Bonchev–Trinajstić information content (AvgIpc) is 3.75. The molecule has 266 valence electrons. The number of carbonyl (C=O) groups excluding carboxylic acids is 5. The zero-order valence-electron chi connectivity index (χ0n) is 27.1. The number of benzene rings is 1. The summed E-state index contributed by atoms with van der Waals surface area (Å²) in [6.45, 7) is 0.872. The summed E-state index contributed by atoms with van der Waals surface area (Å²) >= 11 is 0. The maximum absolute atomic E-state index is 14.9. The van der Waals surface area contributed by atoms with Crippen LogP contribution in [-0.2, 0) is 50.9 Å². The number of methoxy groups -OCH3 is 1. The molecule has 0 bridgehead atoms. The molecule has 1 aromatic carbocycles. The molecule has 3 fully saturated rings. The van der Waals surface area contributed by atoms with Gasteiger partial charge in [-0.25, -0.2) is 24.2 Å². The molecule has 0 aliphatic carbocycles.